The summed E-state index contributed by atoms with van der Waals surface area (Å²) >= 11 is 0. The van der Waals surface area contributed by atoms with Crippen LogP contribution in [0.25, 0.3) is 5.57 Å². The summed E-state index contributed by atoms with van der Waals surface area (Å²) in [4.78, 5) is 52.3. The van der Waals surface area contributed by atoms with Gasteiger partial charge in [-0.05, 0) is 52.2 Å². The largest absolute Gasteiger partial charge is 0.444 e. The number of hydrogen-bond acceptors (Lipinski definition) is 5. The summed E-state index contributed by atoms with van der Waals surface area (Å²) in [6, 6.07) is 3.17. The van der Waals surface area contributed by atoms with Crippen LogP contribution in [-0.2, 0) is 20.9 Å². The molecular weight excluding hydrogens is 429 g/mol. The van der Waals surface area contributed by atoms with Gasteiger partial charge in [-0.3, -0.25) is 19.7 Å². The molecule has 9 heteroatoms. The number of ether oxygens (including phenoxy) is 1. The Morgan fingerprint density at radius 3 is 2.45 bits per heavy atom. The zero-order valence-corrected chi connectivity index (χ0v) is 19.3. The number of carbonyl (C=O) groups is 4. The monoisotopic (exact) mass is 457 g/mol. The van der Waals surface area contributed by atoms with Gasteiger partial charge in [0.15, 0.2) is 0 Å². The third-order valence-corrected chi connectivity index (χ3v) is 6.42. The van der Waals surface area contributed by atoms with E-state index in [0.717, 1.165) is 5.57 Å². The van der Waals surface area contributed by atoms with Gasteiger partial charge in [0.05, 0.1) is 6.54 Å². The van der Waals surface area contributed by atoms with E-state index in [0.29, 0.717) is 25.1 Å². The number of piperidine rings is 1. The molecule has 0 aromatic heterocycles. The molecule has 1 aromatic rings. The van der Waals surface area contributed by atoms with Crippen molar-refractivity contribution in [2.45, 2.75) is 64.6 Å². The minimum Gasteiger partial charge on any atom is -0.444 e. The quantitative estimate of drug-likeness (QED) is 0.689. The third kappa shape index (κ3) is 4.12. The lowest BCUT2D eigenvalue weighted by Gasteiger charge is -2.39. The maximum Gasteiger partial charge on any atom is 0.410 e. The van der Waals surface area contributed by atoms with Crippen molar-refractivity contribution in [3.05, 3.63) is 40.7 Å². The minimum atomic E-state index is -1.21. The molecule has 3 aliphatic heterocycles. The van der Waals surface area contributed by atoms with E-state index in [2.05, 4.69) is 5.32 Å². The SMILES string of the molecule is CC(C)(C)OC(=O)N1CC=C(c2ccc3c(c2F)CN(C2(C)CCC(=O)NC2=O)C3=O)CC1. The Kier molecular flexibility index (Phi) is 5.54. The Balaban J connectivity index is 1.55. The number of nitrogens with zero attached hydrogens (tertiary/aromatic N) is 2. The molecule has 0 spiro atoms. The zero-order chi connectivity index (χ0) is 24.1. The van der Waals surface area contributed by atoms with E-state index in [1.165, 1.54) is 4.90 Å². The summed E-state index contributed by atoms with van der Waals surface area (Å²) in [5, 5.41) is 2.28. The normalized spacial score (nSPS) is 23.3. The third-order valence-electron chi connectivity index (χ3n) is 6.42. The van der Waals surface area contributed by atoms with Gasteiger partial charge in [0.1, 0.15) is 17.0 Å². The van der Waals surface area contributed by atoms with Crippen molar-refractivity contribution in [3.63, 3.8) is 0 Å². The summed E-state index contributed by atoms with van der Waals surface area (Å²) in [5.41, 5.74) is -0.180. The number of imide groups is 1. The highest BCUT2D eigenvalue weighted by Crippen LogP contribution is 2.37. The van der Waals surface area contributed by atoms with Crippen molar-refractivity contribution in [2.24, 2.45) is 0 Å². The smallest absolute Gasteiger partial charge is 0.410 e. The van der Waals surface area contributed by atoms with Gasteiger partial charge >= 0.3 is 6.09 Å². The molecule has 33 heavy (non-hydrogen) atoms. The maximum atomic E-state index is 15.6. The molecular formula is C24H28FN3O5. The lowest BCUT2D eigenvalue weighted by Crippen LogP contribution is -2.61. The average Bonchev–Trinajstić information content (AvgIpc) is 3.08. The number of nitrogens with one attached hydrogen (secondary N) is 1. The van der Waals surface area contributed by atoms with Crippen molar-refractivity contribution in [1.82, 2.24) is 15.1 Å². The summed E-state index contributed by atoms with van der Waals surface area (Å²) in [7, 11) is 0. The van der Waals surface area contributed by atoms with Crippen LogP contribution in [0, 0.1) is 5.82 Å². The van der Waals surface area contributed by atoms with Gasteiger partial charge in [-0.15, -0.1) is 0 Å². The molecule has 3 aliphatic rings. The molecule has 8 nitrogen and oxygen atoms in total. The molecule has 1 N–H and O–H groups in total. The van der Waals surface area contributed by atoms with E-state index in [1.807, 2.05) is 0 Å². The lowest BCUT2D eigenvalue weighted by molar-refractivity contribution is -0.142. The summed E-state index contributed by atoms with van der Waals surface area (Å²) in [6.45, 7) is 7.67. The first-order chi connectivity index (χ1) is 15.4. The number of benzene rings is 1. The number of rotatable bonds is 2. The molecule has 1 saturated heterocycles. The Morgan fingerprint density at radius 1 is 1.15 bits per heavy atom. The van der Waals surface area contributed by atoms with Crippen LogP contribution >= 0.6 is 0 Å². The molecule has 0 aliphatic carbocycles. The minimum absolute atomic E-state index is 0.0384. The Hall–Kier alpha value is -3.23. The predicted molar refractivity (Wildman–Crippen MR) is 117 cm³/mol. The van der Waals surface area contributed by atoms with E-state index in [-0.39, 0.29) is 36.4 Å². The number of halogens is 1. The molecule has 1 atom stereocenters. The predicted octanol–water partition coefficient (Wildman–Crippen LogP) is 3.00. The van der Waals surface area contributed by atoms with Gasteiger partial charge in [-0.2, -0.15) is 0 Å². The molecule has 1 aromatic carbocycles. The molecule has 0 bridgehead atoms. The first-order valence-electron chi connectivity index (χ1n) is 11.1. The highest BCUT2D eigenvalue weighted by molar-refractivity contribution is 6.07. The van der Waals surface area contributed by atoms with Crippen LogP contribution < -0.4 is 5.32 Å². The number of hydrogen-bond donors (Lipinski definition) is 1. The van der Waals surface area contributed by atoms with E-state index in [9.17, 15) is 19.2 Å². The van der Waals surface area contributed by atoms with Gasteiger partial charge in [-0.1, -0.05) is 12.1 Å². The number of fused-ring (bicyclic) bond motifs is 1. The van der Waals surface area contributed by atoms with Crippen molar-refractivity contribution < 1.29 is 28.3 Å². The van der Waals surface area contributed by atoms with Crippen LogP contribution in [0.5, 0.6) is 0 Å². The topological polar surface area (TPSA) is 96.0 Å². The molecule has 3 heterocycles. The first-order valence-corrected chi connectivity index (χ1v) is 11.1. The van der Waals surface area contributed by atoms with E-state index < -0.39 is 34.9 Å². The molecule has 1 fully saturated rings. The van der Waals surface area contributed by atoms with Crippen molar-refractivity contribution >= 4 is 29.4 Å². The Bertz CT molecular complexity index is 1090. The van der Waals surface area contributed by atoms with Gasteiger partial charge in [0.2, 0.25) is 5.91 Å². The molecule has 4 amide bonds. The Morgan fingerprint density at radius 2 is 1.85 bits per heavy atom. The second-order valence-electron chi connectivity index (χ2n) is 9.90. The summed E-state index contributed by atoms with van der Waals surface area (Å²) in [6.07, 6.45) is 2.16. The average molecular weight is 458 g/mol. The fourth-order valence-electron chi connectivity index (χ4n) is 4.46. The molecule has 4 rings (SSSR count). The summed E-state index contributed by atoms with van der Waals surface area (Å²) in [5.74, 6) is -1.83. The number of carbonyl (C=O) groups excluding carboxylic acids is 4. The van der Waals surface area contributed by atoms with Crippen LogP contribution in [0.2, 0.25) is 0 Å². The maximum absolute atomic E-state index is 15.6. The molecule has 1 unspecified atom stereocenters. The number of amides is 4. The fourth-order valence-corrected chi connectivity index (χ4v) is 4.46. The first kappa shape index (κ1) is 22.9. The van der Waals surface area contributed by atoms with Crippen molar-refractivity contribution in [3.8, 4) is 0 Å². The molecule has 176 valence electrons. The van der Waals surface area contributed by atoms with Crippen LogP contribution in [-0.4, -0.2) is 57.8 Å². The molecule has 0 saturated carbocycles. The molecule has 0 radical (unpaired) electrons. The second kappa shape index (κ2) is 7.97. The van der Waals surface area contributed by atoms with Gasteiger partial charge in [0.25, 0.3) is 11.8 Å². The van der Waals surface area contributed by atoms with Gasteiger partial charge in [-0.25, -0.2) is 9.18 Å². The van der Waals surface area contributed by atoms with Crippen LogP contribution in [0.1, 0.15) is 68.4 Å². The highest BCUT2D eigenvalue weighted by Gasteiger charge is 2.49. The summed E-state index contributed by atoms with van der Waals surface area (Å²) < 4.78 is 20.9. The standard InChI is InChI=1S/C24H28FN3O5/c1-23(2,3)33-22(32)27-11-8-14(9-12-27)15-5-6-16-17(19(15)25)13-28(20(16)30)24(4)10-7-18(29)26-21(24)31/h5-6,8H,7,9-13H2,1-4H3,(H,26,29,31). The zero-order valence-electron chi connectivity index (χ0n) is 19.3. The van der Waals surface area contributed by atoms with E-state index >= 15 is 4.39 Å². The van der Waals surface area contributed by atoms with Crippen molar-refractivity contribution in [2.75, 3.05) is 13.1 Å². The fraction of sp³-hybridized carbons (Fsp3) is 0.500. The Labute approximate surface area is 191 Å². The lowest BCUT2D eigenvalue weighted by atomic mass is 9.89. The highest BCUT2D eigenvalue weighted by atomic mass is 19.1. The van der Waals surface area contributed by atoms with Crippen molar-refractivity contribution in [1.29, 1.82) is 0 Å². The van der Waals surface area contributed by atoms with Crippen LogP contribution in [0.4, 0.5) is 9.18 Å². The van der Waals surface area contributed by atoms with Crippen LogP contribution in [0.3, 0.4) is 0 Å². The van der Waals surface area contributed by atoms with Gasteiger partial charge < -0.3 is 14.5 Å². The van der Waals surface area contributed by atoms with E-state index in [4.69, 9.17) is 4.74 Å². The van der Waals surface area contributed by atoms with Crippen LogP contribution in [0.15, 0.2) is 18.2 Å². The second-order valence-corrected chi connectivity index (χ2v) is 9.90. The van der Waals surface area contributed by atoms with Gasteiger partial charge in [0, 0.05) is 36.2 Å². The van der Waals surface area contributed by atoms with E-state index in [1.54, 1.807) is 50.8 Å².